The van der Waals surface area contributed by atoms with Crippen LogP contribution in [0.1, 0.15) is 19.8 Å². The maximum Gasteiger partial charge on any atom is 0.279 e. The van der Waals surface area contributed by atoms with E-state index >= 15 is 0 Å². The van der Waals surface area contributed by atoms with Crippen LogP contribution in [0, 0.1) is 5.92 Å². The van der Waals surface area contributed by atoms with Crippen molar-refractivity contribution in [2.45, 2.75) is 19.8 Å². The molecule has 0 aromatic heterocycles. The summed E-state index contributed by atoms with van der Waals surface area (Å²) in [6.45, 7) is 4.91. The Bertz CT molecular complexity index is 515. The predicted molar refractivity (Wildman–Crippen MR) is 88.4 cm³/mol. The summed E-state index contributed by atoms with van der Waals surface area (Å²) in [5, 5.41) is 5.55. The van der Waals surface area contributed by atoms with Gasteiger partial charge in [0.15, 0.2) is 6.54 Å². The molecule has 7 heteroatoms. The molecule has 0 aliphatic carbocycles. The van der Waals surface area contributed by atoms with E-state index in [4.69, 9.17) is 11.6 Å². The maximum atomic E-state index is 12.1. The molecular weight excluding hydrogens is 337 g/mol. The second-order valence-electron chi connectivity index (χ2n) is 5.92. The monoisotopic (exact) mass is 359 g/mol. The fourth-order valence-electron chi connectivity index (χ4n) is 2.61. The second-order valence-corrected chi connectivity index (χ2v) is 6.18. The van der Waals surface area contributed by atoms with Crippen molar-refractivity contribution >= 4 is 34.8 Å². The number of quaternary nitrogens is 1. The average molecular weight is 360 g/mol. The topological polar surface area (TPSA) is 62.6 Å². The summed E-state index contributed by atoms with van der Waals surface area (Å²) in [4.78, 5) is 24.6. The molecule has 0 bridgehead atoms. The first kappa shape index (κ1) is 19.7. The summed E-state index contributed by atoms with van der Waals surface area (Å²) in [5.41, 5.74) is 1.40. The normalized spacial score (nSPS) is 20.3. The van der Waals surface area contributed by atoms with Gasteiger partial charge in [0.1, 0.15) is 5.88 Å². The van der Waals surface area contributed by atoms with Crippen molar-refractivity contribution in [2.24, 2.45) is 5.92 Å². The standard InChI is InChI=1S/C16H22ClN3O2.ClH/c1-12-6-8-20(9-7-12)11-16(22)19-14-4-2-13(3-5-14)18-15(21)10-17;/h2-5,12H,6-11H2,1H3,(H,18,21)(H,19,22);1H. The Morgan fingerprint density at radius 2 is 1.57 bits per heavy atom. The molecule has 128 valence electrons. The number of hydrogen-bond acceptors (Lipinski definition) is 2. The summed E-state index contributed by atoms with van der Waals surface area (Å²) in [6.07, 6.45) is 2.38. The summed E-state index contributed by atoms with van der Waals surface area (Å²) >= 11 is 5.43. The number of amides is 2. The van der Waals surface area contributed by atoms with Gasteiger partial charge in [0.25, 0.3) is 5.91 Å². The van der Waals surface area contributed by atoms with E-state index in [1.807, 2.05) is 0 Å². The Labute approximate surface area is 148 Å². The molecule has 2 amide bonds. The van der Waals surface area contributed by atoms with E-state index in [0.29, 0.717) is 12.2 Å². The zero-order valence-corrected chi connectivity index (χ0v) is 14.7. The van der Waals surface area contributed by atoms with Crippen molar-refractivity contribution in [3.63, 3.8) is 0 Å². The number of rotatable bonds is 5. The Morgan fingerprint density at radius 1 is 1.09 bits per heavy atom. The zero-order chi connectivity index (χ0) is 15.9. The van der Waals surface area contributed by atoms with Gasteiger partial charge in [-0.25, -0.2) is 0 Å². The van der Waals surface area contributed by atoms with Gasteiger partial charge in [0.05, 0.1) is 13.1 Å². The first-order valence-electron chi connectivity index (χ1n) is 7.66. The average Bonchev–Trinajstić information content (AvgIpc) is 2.51. The number of carbonyl (C=O) groups is 2. The number of carbonyl (C=O) groups excluding carboxylic acids is 2. The molecule has 2 rings (SSSR count). The lowest BCUT2D eigenvalue weighted by Crippen LogP contribution is -3.14. The molecule has 1 aromatic carbocycles. The molecule has 0 radical (unpaired) electrons. The van der Waals surface area contributed by atoms with Crippen LogP contribution in [0.15, 0.2) is 24.3 Å². The molecule has 0 unspecified atom stereocenters. The van der Waals surface area contributed by atoms with Crippen molar-refractivity contribution in [1.82, 2.24) is 0 Å². The van der Waals surface area contributed by atoms with Crippen LogP contribution in [0.5, 0.6) is 0 Å². The Morgan fingerprint density at radius 3 is 2.04 bits per heavy atom. The highest BCUT2D eigenvalue weighted by atomic mass is 35.5. The highest BCUT2D eigenvalue weighted by molar-refractivity contribution is 6.29. The third kappa shape index (κ3) is 6.77. The molecule has 1 aromatic rings. The predicted octanol–water partition coefficient (Wildman–Crippen LogP) is -1.88. The minimum Gasteiger partial charge on any atom is -1.00 e. The van der Waals surface area contributed by atoms with Gasteiger partial charge < -0.3 is 27.9 Å². The molecular formula is C16H23Cl2N3O2. The fraction of sp³-hybridized carbons (Fsp3) is 0.500. The molecule has 1 aliphatic rings. The Kier molecular flexibility index (Phi) is 8.37. The lowest BCUT2D eigenvalue weighted by Gasteiger charge is -2.26. The summed E-state index contributed by atoms with van der Waals surface area (Å²) in [7, 11) is 0. The molecule has 0 saturated carbocycles. The number of anilines is 2. The lowest BCUT2D eigenvalue weighted by molar-refractivity contribution is -0.897. The van der Waals surface area contributed by atoms with Crippen LogP contribution in [0.4, 0.5) is 11.4 Å². The van der Waals surface area contributed by atoms with Crippen molar-refractivity contribution in [3.05, 3.63) is 24.3 Å². The second kappa shape index (κ2) is 9.75. The van der Waals surface area contributed by atoms with Crippen LogP contribution in [0.2, 0.25) is 0 Å². The van der Waals surface area contributed by atoms with Gasteiger partial charge >= 0.3 is 0 Å². The van der Waals surface area contributed by atoms with Gasteiger partial charge in [0.2, 0.25) is 5.91 Å². The highest BCUT2D eigenvalue weighted by Gasteiger charge is 2.21. The summed E-state index contributed by atoms with van der Waals surface area (Å²) in [5.74, 6) is 0.487. The fourth-order valence-corrected chi connectivity index (χ4v) is 2.68. The van der Waals surface area contributed by atoms with Gasteiger partial charge in [-0.15, -0.1) is 11.6 Å². The SMILES string of the molecule is CC1CC[NH+](CC(=O)Nc2ccc(NC(=O)CCl)cc2)CC1.[Cl-]. The quantitative estimate of drug-likeness (QED) is 0.539. The lowest BCUT2D eigenvalue weighted by atomic mass is 9.99. The molecule has 0 spiro atoms. The Balaban J connectivity index is 0.00000264. The van der Waals surface area contributed by atoms with E-state index in [-0.39, 0.29) is 30.1 Å². The van der Waals surface area contributed by atoms with Crippen LogP contribution >= 0.6 is 11.6 Å². The van der Waals surface area contributed by atoms with Gasteiger partial charge in [-0.3, -0.25) is 9.59 Å². The number of benzene rings is 1. The number of likely N-dealkylation sites (tertiary alicyclic amines) is 1. The number of hydrogen-bond donors (Lipinski definition) is 3. The van der Waals surface area contributed by atoms with E-state index in [2.05, 4.69) is 17.6 Å². The van der Waals surface area contributed by atoms with E-state index < -0.39 is 0 Å². The Hall–Kier alpha value is -1.30. The van der Waals surface area contributed by atoms with Crippen LogP contribution in [0.3, 0.4) is 0 Å². The number of alkyl halides is 1. The summed E-state index contributed by atoms with van der Waals surface area (Å²) in [6, 6.07) is 7.04. The molecule has 1 saturated heterocycles. The van der Waals surface area contributed by atoms with Crippen LogP contribution in [0.25, 0.3) is 0 Å². The smallest absolute Gasteiger partial charge is 0.279 e. The van der Waals surface area contributed by atoms with E-state index in [0.717, 1.165) is 24.7 Å². The van der Waals surface area contributed by atoms with Crippen molar-refractivity contribution in [3.8, 4) is 0 Å². The molecule has 0 atom stereocenters. The van der Waals surface area contributed by atoms with Crippen molar-refractivity contribution in [2.75, 3.05) is 36.1 Å². The van der Waals surface area contributed by atoms with Crippen LogP contribution in [-0.2, 0) is 9.59 Å². The third-order valence-corrected chi connectivity index (χ3v) is 4.21. The van der Waals surface area contributed by atoms with Crippen molar-refractivity contribution < 1.29 is 26.9 Å². The first-order valence-corrected chi connectivity index (χ1v) is 8.19. The van der Waals surface area contributed by atoms with Gasteiger partial charge in [-0.05, 0) is 43.0 Å². The van der Waals surface area contributed by atoms with E-state index in [9.17, 15) is 9.59 Å². The van der Waals surface area contributed by atoms with E-state index in [1.165, 1.54) is 17.7 Å². The van der Waals surface area contributed by atoms with Crippen LogP contribution < -0.4 is 27.9 Å². The van der Waals surface area contributed by atoms with E-state index in [1.54, 1.807) is 24.3 Å². The molecule has 1 heterocycles. The minimum absolute atomic E-state index is 0. The zero-order valence-electron chi connectivity index (χ0n) is 13.2. The highest BCUT2D eigenvalue weighted by Crippen LogP contribution is 2.13. The number of nitrogens with one attached hydrogen (secondary N) is 3. The molecule has 1 aliphatic heterocycles. The molecule has 5 nitrogen and oxygen atoms in total. The van der Waals surface area contributed by atoms with Crippen molar-refractivity contribution in [1.29, 1.82) is 0 Å². The molecule has 23 heavy (non-hydrogen) atoms. The summed E-state index contributed by atoms with van der Waals surface area (Å²) < 4.78 is 0. The molecule has 3 N–H and O–H groups in total. The first-order chi connectivity index (χ1) is 10.6. The number of halogens is 2. The van der Waals surface area contributed by atoms with Gasteiger partial charge in [-0.1, -0.05) is 6.92 Å². The minimum atomic E-state index is -0.249. The number of piperidine rings is 1. The maximum absolute atomic E-state index is 12.1. The van der Waals surface area contributed by atoms with Crippen LogP contribution in [-0.4, -0.2) is 37.3 Å². The van der Waals surface area contributed by atoms with Gasteiger partial charge in [0, 0.05) is 11.4 Å². The largest absolute Gasteiger partial charge is 1.00 e. The third-order valence-electron chi connectivity index (χ3n) is 3.97. The molecule has 1 fully saturated rings. The van der Waals surface area contributed by atoms with Gasteiger partial charge in [-0.2, -0.15) is 0 Å².